The molecule has 0 spiro atoms. The summed E-state index contributed by atoms with van der Waals surface area (Å²) < 4.78 is 0. The van der Waals surface area contributed by atoms with Crippen LogP contribution in [-0.2, 0) is 0 Å². The van der Waals surface area contributed by atoms with Gasteiger partial charge in [0, 0.05) is 18.1 Å². The van der Waals surface area contributed by atoms with Crippen molar-refractivity contribution in [2.24, 2.45) is 5.73 Å². The third kappa shape index (κ3) is 4.91. The maximum Gasteiger partial charge on any atom is 0.407 e. The molecule has 0 aliphatic carbocycles. The highest BCUT2D eigenvalue weighted by atomic mass is 16.4. The highest BCUT2D eigenvalue weighted by molar-refractivity contribution is 5.65. The maximum absolute atomic E-state index is 11.2. The number of amides is 1. The lowest BCUT2D eigenvalue weighted by molar-refractivity contribution is 0.0987. The Kier molecular flexibility index (Phi) is 5.36. The zero-order valence-electron chi connectivity index (χ0n) is 12.0. The van der Waals surface area contributed by atoms with Crippen molar-refractivity contribution in [3.05, 3.63) is 35.9 Å². The van der Waals surface area contributed by atoms with Gasteiger partial charge in [0.2, 0.25) is 0 Å². The van der Waals surface area contributed by atoms with E-state index in [1.807, 2.05) is 51.1 Å². The molecule has 1 aromatic rings. The SMILES string of the molecule is CC(C)(C)N(CCCC(N)c1ccccc1)C(=O)O. The van der Waals surface area contributed by atoms with E-state index in [0.717, 1.165) is 18.4 Å². The first-order chi connectivity index (χ1) is 8.82. The van der Waals surface area contributed by atoms with Crippen LogP contribution >= 0.6 is 0 Å². The molecule has 106 valence electrons. The summed E-state index contributed by atoms with van der Waals surface area (Å²) in [5, 5.41) is 9.19. The average Bonchev–Trinajstić information content (AvgIpc) is 2.33. The number of hydrogen-bond acceptors (Lipinski definition) is 2. The number of hydrogen-bond donors (Lipinski definition) is 2. The Morgan fingerprint density at radius 3 is 2.37 bits per heavy atom. The van der Waals surface area contributed by atoms with Crippen LogP contribution in [0.2, 0.25) is 0 Å². The van der Waals surface area contributed by atoms with Gasteiger partial charge in [-0.1, -0.05) is 30.3 Å². The van der Waals surface area contributed by atoms with Crippen molar-refractivity contribution in [1.82, 2.24) is 4.90 Å². The minimum Gasteiger partial charge on any atom is -0.465 e. The summed E-state index contributed by atoms with van der Waals surface area (Å²) in [7, 11) is 0. The van der Waals surface area contributed by atoms with Gasteiger partial charge in [0.25, 0.3) is 0 Å². The van der Waals surface area contributed by atoms with E-state index in [1.54, 1.807) is 0 Å². The highest BCUT2D eigenvalue weighted by Crippen LogP contribution is 2.18. The number of nitrogens with zero attached hydrogens (tertiary/aromatic N) is 1. The highest BCUT2D eigenvalue weighted by Gasteiger charge is 2.25. The molecule has 0 radical (unpaired) electrons. The Hall–Kier alpha value is -1.55. The van der Waals surface area contributed by atoms with Crippen molar-refractivity contribution in [1.29, 1.82) is 0 Å². The fourth-order valence-corrected chi connectivity index (χ4v) is 2.05. The first-order valence-corrected chi connectivity index (χ1v) is 6.63. The van der Waals surface area contributed by atoms with Gasteiger partial charge in [-0.05, 0) is 39.2 Å². The molecule has 4 nitrogen and oxygen atoms in total. The molecule has 0 saturated heterocycles. The molecule has 0 bridgehead atoms. The summed E-state index contributed by atoms with van der Waals surface area (Å²) in [4.78, 5) is 12.6. The fourth-order valence-electron chi connectivity index (χ4n) is 2.05. The second-order valence-corrected chi connectivity index (χ2v) is 5.76. The first-order valence-electron chi connectivity index (χ1n) is 6.63. The minimum absolute atomic E-state index is 0.0307. The molecule has 0 aliphatic heterocycles. The lowest BCUT2D eigenvalue weighted by Gasteiger charge is -2.33. The molecular weight excluding hydrogens is 240 g/mol. The van der Waals surface area contributed by atoms with Gasteiger partial charge in [-0.15, -0.1) is 0 Å². The zero-order chi connectivity index (χ0) is 14.5. The lowest BCUT2D eigenvalue weighted by atomic mass is 10.0. The van der Waals surface area contributed by atoms with Gasteiger partial charge >= 0.3 is 6.09 Å². The number of carboxylic acid groups (broad SMARTS) is 1. The summed E-state index contributed by atoms with van der Waals surface area (Å²) in [5.74, 6) is 0. The Labute approximate surface area is 115 Å². The predicted octanol–water partition coefficient (Wildman–Crippen LogP) is 3.25. The summed E-state index contributed by atoms with van der Waals surface area (Å²) in [6, 6.07) is 9.87. The maximum atomic E-state index is 11.2. The van der Waals surface area contributed by atoms with Gasteiger partial charge in [-0.25, -0.2) is 4.79 Å². The molecule has 0 heterocycles. The minimum atomic E-state index is -0.874. The molecule has 0 aliphatic rings. The van der Waals surface area contributed by atoms with Crippen LogP contribution < -0.4 is 5.73 Å². The van der Waals surface area contributed by atoms with Gasteiger partial charge in [0.15, 0.2) is 0 Å². The van der Waals surface area contributed by atoms with Crippen molar-refractivity contribution < 1.29 is 9.90 Å². The van der Waals surface area contributed by atoms with E-state index in [9.17, 15) is 9.90 Å². The van der Waals surface area contributed by atoms with Gasteiger partial charge in [-0.3, -0.25) is 0 Å². The van der Waals surface area contributed by atoms with Crippen molar-refractivity contribution in [3.63, 3.8) is 0 Å². The topological polar surface area (TPSA) is 66.6 Å². The molecule has 1 aromatic carbocycles. The van der Waals surface area contributed by atoms with Crippen LogP contribution in [0.4, 0.5) is 4.79 Å². The molecule has 1 rings (SSSR count). The van der Waals surface area contributed by atoms with E-state index in [4.69, 9.17) is 5.73 Å². The van der Waals surface area contributed by atoms with Gasteiger partial charge in [0.1, 0.15) is 0 Å². The molecule has 19 heavy (non-hydrogen) atoms. The van der Waals surface area contributed by atoms with Crippen LogP contribution in [0.5, 0.6) is 0 Å². The lowest BCUT2D eigenvalue weighted by Crippen LogP contribution is -2.45. The molecule has 1 amide bonds. The van der Waals surface area contributed by atoms with E-state index in [0.29, 0.717) is 6.54 Å². The summed E-state index contributed by atoms with van der Waals surface area (Å²) in [5.41, 5.74) is 6.83. The largest absolute Gasteiger partial charge is 0.465 e. The van der Waals surface area contributed by atoms with E-state index < -0.39 is 6.09 Å². The van der Waals surface area contributed by atoms with Gasteiger partial charge < -0.3 is 15.7 Å². The van der Waals surface area contributed by atoms with Crippen molar-refractivity contribution >= 4 is 6.09 Å². The average molecular weight is 264 g/mol. The quantitative estimate of drug-likeness (QED) is 0.858. The van der Waals surface area contributed by atoms with Gasteiger partial charge in [0.05, 0.1) is 0 Å². The number of rotatable bonds is 5. The number of nitrogens with two attached hydrogens (primary N) is 1. The Balaban J connectivity index is 2.47. The Morgan fingerprint density at radius 2 is 1.89 bits per heavy atom. The summed E-state index contributed by atoms with van der Waals surface area (Å²) >= 11 is 0. The van der Waals surface area contributed by atoms with Crippen LogP contribution in [-0.4, -0.2) is 28.2 Å². The van der Waals surface area contributed by atoms with Crippen LogP contribution in [0.3, 0.4) is 0 Å². The van der Waals surface area contributed by atoms with E-state index in [-0.39, 0.29) is 11.6 Å². The summed E-state index contributed by atoms with van der Waals surface area (Å²) in [6.07, 6.45) is 0.671. The molecule has 1 unspecified atom stereocenters. The van der Waals surface area contributed by atoms with E-state index in [2.05, 4.69) is 0 Å². The first kappa shape index (κ1) is 15.5. The Bertz CT molecular complexity index is 398. The third-order valence-electron chi connectivity index (χ3n) is 3.17. The molecule has 1 atom stereocenters. The second kappa shape index (κ2) is 6.57. The Morgan fingerprint density at radius 1 is 1.32 bits per heavy atom. The van der Waals surface area contributed by atoms with Crippen molar-refractivity contribution in [3.8, 4) is 0 Å². The summed E-state index contributed by atoms with van der Waals surface area (Å²) in [6.45, 7) is 6.22. The van der Waals surface area contributed by atoms with Crippen LogP contribution in [0.25, 0.3) is 0 Å². The van der Waals surface area contributed by atoms with E-state index >= 15 is 0 Å². The van der Waals surface area contributed by atoms with Crippen LogP contribution in [0.1, 0.15) is 45.2 Å². The molecular formula is C15H24N2O2. The van der Waals surface area contributed by atoms with Crippen molar-refractivity contribution in [2.45, 2.75) is 45.2 Å². The number of benzene rings is 1. The zero-order valence-corrected chi connectivity index (χ0v) is 12.0. The van der Waals surface area contributed by atoms with Crippen LogP contribution in [0.15, 0.2) is 30.3 Å². The monoisotopic (exact) mass is 264 g/mol. The smallest absolute Gasteiger partial charge is 0.407 e. The standard InChI is InChI=1S/C15H24N2O2/c1-15(2,3)17(14(18)19)11-7-10-13(16)12-8-5-4-6-9-12/h4-6,8-9,13H,7,10-11,16H2,1-3H3,(H,18,19). The van der Waals surface area contributed by atoms with E-state index in [1.165, 1.54) is 4.90 Å². The predicted molar refractivity (Wildman–Crippen MR) is 77.1 cm³/mol. The van der Waals surface area contributed by atoms with Gasteiger partial charge in [-0.2, -0.15) is 0 Å². The van der Waals surface area contributed by atoms with Crippen molar-refractivity contribution in [2.75, 3.05) is 6.54 Å². The molecule has 4 heteroatoms. The molecule has 0 aromatic heterocycles. The second-order valence-electron chi connectivity index (χ2n) is 5.76. The molecule has 0 saturated carbocycles. The third-order valence-corrected chi connectivity index (χ3v) is 3.17. The molecule has 0 fully saturated rings. The molecule has 3 N–H and O–H groups in total. The van der Waals surface area contributed by atoms with Crippen LogP contribution in [0, 0.1) is 0 Å². The fraction of sp³-hybridized carbons (Fsp3) is 0.533. The number of carbonyl (C=O) groups is 1. The normalized spacial score (nSPS) is 13.1.